The Hall–Kier alpha value is -12.0. The van der Waals surface area contributed by atoms with E-state index in [1.54, 1.807) is 69.0 Å². The van der Waals surface area contributed by atoms with Gasteiger partial charge in [-0.25, -0.2) is 29.9 Å². The van der Waals surface area contributed by atoms with E-state index in [0.29, 0.717) is 124 Å². The first-order valence-corrected chi connectivity index (χ1v) is 33.0. The lowest BCUT2D eigenvalue weighted by molar-refractivity contribution is -0.137. The highest BCUT2D eigenvalue weighted by atomic mass is 35.5. The number of H-pyrrole nitrogens is 4. The average Bonchev–Trinajstić information content (AvgIpc) is 1.67. The number of imidazole rings is 1. The molecule has 36 heteroatoms. The fraction of sp³-hybridized carbons (Fsp3) is 0.209. The molecule has 1 aliphatic rings. The molecule has 15 aromatic heterocycles. The number of carbonyl (C=O) groups excluding carboxylic acids is 1. The third-order valence-electron chi connectivity index (χ3n) is 15.3. The molecule has 11 N–H and O–H groups in total. The molecule has 0 spiro atoms. The van der Waals surface area contributed by atoms with Crippen LogP contribution in [0.3, 0.4) is 0 Å². The van der Waals surface area contributed by atoms with E-state index in [9.17, 15) is 9.59 Å². The molecule has 0 atom stereocenters. The minimum absolute atomic E-state index is 0.00859. The van der Waals surface area contributed by atoms with Gasteiger partial charge < -0.3 is 93.0 Å². The molecule has 1 amide bonds. The van der Waals surface area contributed by atoms with Crippen molar-refractivity contribution in [3.8, 4) is 6.07 Å². The summed E-state index contributed by atoms with van der Waals surface area (Å²) in [4.78, 5) is 79.4. The highest BCUT2D eigenvalue weighted by Gasteiger charge is 2.25. The van der Waals surface area contributed by atoms with Crippen molar-refractivity contribution in [1.82, 2.24) is 79.2 Å². The first kappa shape index (κ1) is 70.9. The molecule has 16 heterocycles. The Balaban J connectivity index is 0.000000122. The van der Waals surface area contributed by atoms with Crippen molar-refractivity contribution in [2.45, 2.75) is 72.2 Å². The van der Waals surface area contributed by atoms with E-state index in [0.717, 1.165) is 82.5 Å². The average molecular weight is 1480 g/mol. The molecule has 15 aromatic rings. The molecule has 103 heavy (non-hydrogen) atoms. The Bertz CT molecular complexity index is 5330. The molecule has 1 saturated heterocycles. The Labute approximate surface area is 602 Å². The van der Waals surface area contributed by atoms with Gasteiger partial charge in [-0.15, -0.1) is 0 Å². The number of hydrogen-bond acceptors (Lipinski definition) is 25. The van der Waals surface area contributed by atoms with Crippen molar-refractivity contribution in [3.63, 3.8) is 0 Å². The number of rotatable bonds is 21. The van der Waals surface area contributed by atoms with Gasteiger partial charge >= 0.3 is 5.97 Å². The van der Waals surface area contributed by atoms with E-state index in [4.69, 9.17) is 88.7 Å². The van der Waals surface area contributed by atoms with Crippen LogP contribution in [0.25, 0.3) is 55.3 Å². The molecule has 32 nitrogen and oxygen atoms in total. The summed E-state index contributed by atoms with van der Waals surface area (Å²) in [5.41, 5.74) is 6.93. The number of aliphatic carboxylic acids is 1. The maximum atomic E-state index is 12.8. The minimum Gasteiger partial charge on any atom is -0.480 e. The normalized spacial score (nSPS) is 11.7. The highest BCUT2D eigenvalue weighted by Crippen LogP contribution is 2.31. The number of carbonyl (C=O) groups is 2. The van der Waals surface area contributed by atoms with Gasteiger partial charge in [-0.05, 0) is 145 Å². The van der Waals surface area contributed by atoms with Gasteiger partial charge in [0.25, 0.3) is 5.91 Å². The molecule has 0 bridgehead atoms. The summed E-state index contributed by atoms with van der Waals surface area (Å²) in [6, 6.07) is 26.0. The van der Waals surface area contributed by atoms with Crippen LogP contribution in [0.1, 0.15) is 74.8 Å². The third-order valence-corrected chi connectivity index (χ3v) is 16.0. The lowest BCUT2D eigenvalue weighted by atomic mass is 10.2. The number of ether oxygens (including phenoxy) is 1. The van der Waals surface area contributed by atoms with Crippen LogP contribution in [0.5, 0.6) is 0 Å². The number of fused-ring (bicyclic) bond motifs is 5. The number of likely N-dealkylation sites (tertiary alicyclic amines) is 1. The highest BCUT2D eigenvalue weighted by molar-refractivity contribution is 6.30. The third kappa shape index (κ3) is 18.0. The molecule has 16 rings (SSSR count). The number of aliphatic hydroxyl groups excluding tert-OH is 1. The zero-order chi connectivity index (χ0) is 71.8. The molecule has 0 aliphatic carbocycles. The Kier molecular flexibility index (Phi) is 23.0. The number of methoxy groups -OCH3 is 1. The number of hydrogen-bond donors (Lipinski definition) is 11. The Morgan fingerprint density at radius 3 is 1.58 bits per heavy atom. The van der Waals surface area contributed by atoms with E-state index < -0.39 is 5.97 Å². The van der Waals surface area contributed by atoms with Gasteiger partial charge in [0.1, 0.15) is 98.6 Å². The van der Waals surface area contributed by atoms with Crippen molar-refractivity contribution in [2.75, 3.05) is 46.8 Å². The van der Waals surface area contributed by atoms with Crippen LogP contribution in [0.15, 0.2) is 151 Å². The van der Waals surface area contributed by atoms with Crippen LogP contribution >= 0.6 is 46.4 Å². The van der Waals surface area contributed by atoms with Gasteiger partial charge in [0, 0.05) is 50.2 Å². The van der Waals surface area contributed by atoms with Crippen molar-refractivity contribution in [3.05, 3.63) is 207 Å². The number of aromatic nitrogens is 15. The van der Waals surface area contributed by atoms with Gasteiger partial charge in [0.2, 0.25) is 21.1 Å². The molecule has 528 valence electrons. The molecule has 0 unspecified atom stereocenters. The number of nitrogens with one attached hydrogen (secondary N) is 9. The van der Waals surface area contributed by atoms with Crippen LogP contribution in [-0.4, -0.2) is 122 Å². The summed E-state index contributed by atoms with van der Waals surface area (Å²) >= 11 is 23.7. The number of amides is 1. The number of nitrogens with zero attached hydrogens (tertiary/aromatic N) is 13. The van der Waals surface area contributed by atoms with Crippen LogP contribution in [-0.2, 0) is 62.0 Å². The molecule has 0 radical (unpaired) electrons. The summed E-state index contributed by atoms with van der Waals surface area (Å²) in [7, 11) is 1.64. The fourth-order valence-electron chi connectivity index (χ4n) is 10.8. The second-order valence-corrected chi connectivity index (χ2v) is 23.8. The predicted octanol–water partition coefficient (Wildman–Crippen LogP) is 13.0. The van der Waals surface area contributed by atoms with Crippen molar-refractivity contribution < 1.29 is 46.6 Å². The van der Waals surface area contributed by atoms with E-state index in [1.165, 1.54) is 10.8 Å². The number of aromatic amines is 4. The zero-order valence-electron chi connectivity index (χ0n) is 54.6. The molecular weight excluding hydrogens is 1410 g/mol. The minimum atomic E-state index is -0.952. The molecule has 1 aliphatic heterocycles. The molecular formula is C67H62Cl4N22O10. The Morgan fingerprint density at radius 1 is 0.612 bits per heavy atom. The van der Waals surface area contributed by atoms with E-state index in [-0.39, 0.29) is 40.2 Å². The van der Waals surface area contributed by atoms with Gasteiger partial charge in [-0.3, -0.25) is 9.59 Å². The van der Waals surface area contributed by atoms with Crippen molar-refractivity contribution in [1.29, 1.82) is 5.26 Å². The summed E-state index contributed by atoms with van der Waals surface area (Å²) in [5.74, 6) is 6.04. The van der Waals surface area contributed by atoms with E-state index in [2.05, 4.69) is 102 Å². The van der Waals surface area contributed by atoms with E-state index >= 15 is 0 Å². The number of pyridine rings is 1. The van der Waals surface area contributed by atoms with Gasteiger partial charge in [0.15, 0.2) is 5.65 Å². The predicted molar refractivity (Wildman–Crippen MR) is 382 cm³/mol. The number of aryl methyl sites for hydroxylation is 1. The summed E-state index contributed by atoms with van der Waals surface area (Å²) in [5, 5.41) is 46.5. The molecule has 0 saturated carbocycles. The van der Waals surface area contributed by atoms with Crippen molar-refractivity contribution >= 4 is 143 Å². The number of furan rings is 5. The maximum Gasteiger partial charge on any atom is 0.323 e. The monoisotopic (exact) mass is 1470 g/mol. The number of halogens is 4. The second-order valence-electron chi connectivity index (χ2n) is 22.4. The smallest absolute Gasteiger partial charge is 0.323 e. The lowest BCUT2D eigenvalue weighted by Crippen LogP contribution is -2.27. The first-order valence-electron chi connectivity index (χ1n) is 31.5. The van der Waals surface area contributed by atoms with Crippen LogP contribution in [0.4, 0.5) is 29.0 Å². The number of aliphatic hydroxyl groups is 1. The van der Waals surface area contributed by atoms with Crippen LogP contribution in [0.2, 0.25) is 21.1 Å². The number of carboxylic acid groups (broad SMARTS) is 1. The standard InChI is InChI=1S/C16H16ClN5O2.C13H11ClN4O3.C13H13ClN4O2.C13H11N5O.C12H11ClN4O2/c17-16-20-13(18-8-10-4-3-7-24-10)12-11(9-19-14(12)21-16)15(23)22-5-1-2-6-22;14-13-16-11(15-6-8-2-1-5-21-8)9-3-4-18(7-10(19)20)12(9)17-13;1-19-7-8-5-10-11(15-6-9-3-2-4-20-9)17-13(14)18-12(10)16-8;1-8-17-12-11(15-7-10-3-2-4-19-10)9(5-14)6-16-13(12)18-8;13-12-16-10(14-5-8-2-1-3-19-8)9-4-7(6-18)15-11(9)17-12/h3-4,7,9H,1-2,5-6,8H2,(H2,18,19,20,21);1-5H,6-7H2,(H,19,20)(H,15,16,17);2-5H,6-7H2,1H3,(H2,15,16,17,18);2-4,6H,7H2,1H3,(H2,15,16,17,18);1-4,18H,5-6H2,(H2,14,15,16,17). The first-order chi connectivity index (χ1) is 50.1. The maximum absolute atomic E-state index is 12.8. The fourth-order valence-corrected chi connectivity index (χ4v) is 11.4. The summed E-state index contributed by atoms with van der Waals surface area (Å²) in [6.45, 7) is 6.03. The molecule has 1 fully saturated rings. The summed E-state index contributed by atoms with van der Waals surface area (Å²) < 4.78 is 32.9. The van der Waals surface area contributed by atoms with Gasteiger partial charge in [0.05, 0.1) is 116 Å². The topological polar surface area (TPSA) is 434 Å². The van der Waals surface area contributed by atoms with E-state index in [1.807, 2.05) is 72.5 Å². The van der Waals surface area contributed by atoms with Crippen LogP contribution < -0.4 is 26.6 Å². The Morgan fingerprint density at radius 2 is 1.09 bits per heavy atom. The zero-order valence-corrected chi connectivity index (χ0v) is 57.6. The van der Waals surface area contributed by atoms with Crippen molar-refractivity contribution in [2.24, 2.45) is 0 Å². The quantitative estimate of drug-likeness (QED) is 0.0298. The largest absolute Gasteiger partial charge is 0.480 e. The van der Waals surface area contributed by atoms with Gasteiger partial charge in [-0.1, -0.05) is 0 Å². The molecule has 0 aromatic carbocycles. The SMILES string of the molecule is COCc1cc2c(NCc3ccco3)nc(Cl)nc2[nH]1.Cc1nc2ncc(C#N)c(NCc3ccco3)c2[nH]1.O=C(O)Cn1ccc2c(NCc3ccco3)nc(Cl)nc21.O=C(c1c[nH]c2nc(Cl)nc(NCc3ccco3)c12)N1CCCC1.OCc1cc2c(NCc3ccco3)nc(Cl)nc2[nH]1. The summed E-state index contributed by atoms with van der Waals surface area (Å²) in [6.07, 6.45) is 15.0. The second kappa shape index (κ2) is 33.5. The number of carboxylic acids is 1. The number of anilines is 5. The van der Waals surface area contributed by atoms with Gasteiger partial charge in [-0.2, -0.15) is 25.2 Å². The van der Waals surface area contributed by atoms with Crippen LogP contribution in [0, 0.1) is 18.3 Å². The lowest BCUT2D eigenvalue weighted by Gasteiger charge is -2.15. The number of nitriles is 1.